The molecule has 0 radical (unpaired) electrons. The molecule has 0 aliphatic heterocycles. The fourth-order valence-electron chi connectivity index (χ4n) is 2.62. The van der Waals surface area contributed by atoms with E-state index in [0.29, 0.717) is 24.2 Å². The first-order chi connectivity index (χ1) is 14.6. The van der Waals surface area contributed by atoms with Crippen LogP contribution in [0, 0.1) is 0 Å². The van der Waals surface area contributed by atoms with Crippen molar-refractivity contribution in [2.45, 2.75) is 39.2 Å². The second-order valence-electron chi connectivity index (χ2n) is 6.90. The highest BCUT2D eigenvalue weighted by Gasteiger charge is 2.28. The van der Waals surface area contributed by atoms with Crippen LogP contribution in [0.5, 0.6) is 0 Å². The number of rotatable bonds is 14. The first-order valence-electron chi connectivity index (χ1n) is 9.51. The largest absolute Gasteiger partial charge is 0.480 e. The van der Waals surface area contributed by atoms with Crippen molar-refractivity contribution in [3.05, 3.63) is 23.9 Å². The Hall–Kier alpha value is -3.54. The number of carbonyl (C=O) groups is 4. The summed E-state index contributed by atoms with van der Waals surface area (Å²) in [5.74, 6) is -3.78. The quantitative estimate of drug-likeness (QED) is 0.158. The first-order valence-corrected chi connectivity index (χ1v) is 9.51. The predicted octanol–water partition coefficient (Wildman–Crippen LogP) is 0.714. The van der Waals surface area contributed by atoms with Gasteiger partial charge in [-0.2, -0.15) is 5.10 Å². The summed E-state index contributed by atoms with van der Waals surface area (Å²) in [5.41, 5.74) is 3.91. The average Bonchev–Trinajstić information content (AvgIpc) is 2.67. The number of pyridine rings is 1. The molecule has 1 rings (SSSR count). The Balaban J connectivity index is 2.49. The number of unbranched alkanes of at least 4 members (excludes halogenated alkanes) is 1. The van der Waals surface area contributed by atoms with Crippen LogP contribution in [0.1, 0.15) is 43.5 Å². The zero-order chi connectivity index (χ0) is 23.4. The number of carbonyl (C=O) groups excluding carboxylic acids is 1. The van der Waals surface area contributed by atoms with Crippen LogP contribution in [0.15, 0.2) is 23.4 Å². The van der Waals surface area contributed by atoms with E-state index in [1.807, 2.05) is 13.8 Å². The minimum atomic E-state index is -1.31. The standard InChI is InChI=1S/C19H27N5O7/c1-12(2)22-23-15-7-6-13(9-21-15)18(29)20-8-4-3-5-14(19(30)31)24(10-16(25)26)11-17(27)28/h6-7,9,14H,3-5,8,10-11H2,1-2H3,(H,20,29)(H,21,23)(H,25,26)(H,27,28)(H,30,31). The third-order valence-corrected chi connectivity index (χ3v) is 4.01. The van der Waals surface area contributed by atoms with Crippen molar-refractivity contribution >= 4 is 35.3 Å². The van der Waals surface area contributed by atoms with Gasteiger partial charge in [-0.05, 0) is 45.2 Å². The average molecular weight is 437 g/mol. The van der Waals surface area contributed by atoms with Gasteiger partial charge in [0, 0.05) is 18.5 Å². The van der Waals surface area contributed by atoms with Crippen molar-refractivity contribution in [3.8, 4) is 0 Å². The van der Waals surface area contributed by atoms with Crippen LogP contribution in [0.3, 0.4) is 0 Å². The highest BCUT2D eigenvalue weighted by molar-refractivity contribution is 5.94. The van der Waals surface area contributed by atoms with Gasteiger partial charge in [0.05, 0.1) is 18.7 Å². The van der Waals surface area contributed by atoms with Crippen molar-refractivity contribution in [2.24, 2.45) is 5.10 Å². The summed E-state index contributed by atoms with van der Waals surface area (Å²) >= 11 is 0. The smallest absolute Gasteiger partial charge is 0.320 e. The van der Waals surface area contributed by atoms with Crippen molar-refractivity contribution in [2.75, 3.05) is 25.1 Å². The van der Waals surface area contributed by atoms with Gasteiger partial charge in [0.2, 0.25) is 0 Å². The topological polar surface area (TPSA) is 182 Å². The van der Waals surface area contributed by atoms with Gasteiger partial charge in [-0.15, -0.1) is 0 Å². The normalized spacial score (nSPS) is 11.5. The van der Waals surface area contributed by atoms with E-state index in [-0.39, 0.29) is 18.9 Å². The Bertz CT molecular complexity index is 790. The lowest BCUT2D eigenvalue weighted by Gasteiger charge is -2.25. The van der Waals surface area contributed by atoms with E-state index in [1.54, 1.807) is 12.1 Å². The second kappa shape index (κ2) is 12.9. The number of aliphatic carboxylic acids is 3. The molecule has 1 aromatic heterocycles. The molecule has 0 saturated carbocycles. The molecule has 1 atom stereocenters. The highest BCUT2D eigenvalue weighted by Crippen LogP contribution is 2.10. The summed E-state index contributed by atoms with van der Waals surface area (Å²) in [6.45, 7) is 2.52. The van der Waals surface area contributed by atoms with Gasteiger partial charge in [-0.3, -0.25) is 29.5 Å². The molecule has 0 saturated heterocycles. The maximum Gasteiger partial charge on any atom is 0.320 e. The third-order valence-electron chi connectivity index (χ3n) is 4.01. The first kappa shape index (κ1) is 25.5. The molecule has 170 valence electrons. The summed E-state index contributed by atoms with van der Waals surface area (Å²) in [6.07, 6.45) is 2.23. The van der Waals surface area contributed by atoms with Crippen molar-refractivity contribution in [3.63, 3.8) is 0 Å². The lowest BCUT2D eigenvalue weighted by molar-refractivity contribution is -0.149. The molecule has 1 heterocycles. The van der Waals surface area contributed by atoms with Crippen LogP contribution in [0.25, 0.3) is 0 Å². The molecular formula is C19H27N5O7. The van der Waals surface area contributed by atoms with Crippen molar-refractivity contribution in [1.82, 2.24) is 15.2 Å². The van der Waals surface area contributed by atoms with Gasteiger partial charge >= 0.3 is 17.9 Å². The fourth-order valence-corrected chi connectivity index (χ4v) is 2.62. The number of anilines is 1. The number of aromatic nitrogens is 1. The zero-order valence-corrected chi connectivity index (χ0v) is 17.4. The molecule has 1 unspecified atom stereocenters. The van der Waals surface area contributed by atoms with Crippen molar-refractivity contribution in [1.29, 1.82) is 0 Å². The molecule has 0 fully saturated rings. The van der Waals surface area contributed by atoms with Gasteiger partial charge in [0.25, 0.3) is 5.91 Å². The molecule has 5 N–H and O–H groups in total. The number of hydrogen-bond acceptors (Lipinski definition) is 8. The number of carboxylic acids is 3. The van der Waals surface area contributed by atoms with Gasteiger partial charge in [0.15, 0.2) is 0 Å². The van der Waals surface area contributed by atoms with E-state index < -0.39 is 37.0 Å². The van der Waals surface area contributed by atoms with Gasteiger partial charge in [0.1, 0.15) is 11.9 Å². The number of amides is 1. The molecule has 12 nitrogen and oxygen atoms in total. The van der Waals surface area contributed by atoms with Gasteiger partial charge < -0.3 is 20.6 Å². The van der Waals surface area contributed by atoms with Crippen LogP contribution in [-0.2, 0) is 14.4 Å². The molecule has 0 aromatic carbocycles. The van der Waals surface area contributed by atoms with Gasteiger partial charge in [-0.25, -0.2) is 4.98 Å². The predicted molar refractivity (Wildman–Crippen MR) is 111 cm³/mol. The summed E-state index contributed by atoms with van der Waals surface area (Å²) in [4.78, 5) is 50.4. The molecule has 31 heavy (non-hydrogen) atoms. The molecule has 12 heteroatoms. The summed E-state index contributed by atoms with van der Waals surface area (Å²) in [6, 6.07) is 1.95. The minimum absolute atomic E-state index is 0.0467. The fraction of sp³-hybridized carbons (Fsp3) is 0.474. The van der Waals surface area contributed by atoms with E-state index in [2.05, 4.69) is 20.8 Å². The van der Waals surface area contributed by atoms with Crippen LogP contribution in [0.4, 0.5) is 5.82 Å². The third kappa shape index (κ3) is 10.2. The van der Waals surface area contributed by atoms with E-state index in [9.17, 15) is 24.3 Å². The number of carboxylic acid groups (broad SMARTS) is 3. The number of hydrogen-bond donors (Lipinski definition) is 5. The SMILES string of the molecule is CC(C)=NNc1ccc(C(=O)NCCCCC(C(=O)O)N(CC(=O)O)CC(=O)O)cn1. The summed E-state index contributed by atoms with van der Waals surface area (Å²) < 4.78 is 0. The lowest BCUT2D eigenvalue weighted by Crippen LogP contribution is -2.46. The minimum Gasteiger partial charge on any atom is -0.480 e. The van der Waals surface area contributed by atoms with E-state index in [0.717, 1.165) is 10.6 Å². The summed E-state index contributed by atoms with van der Waals surface area (Å²) in [7, 11) is 0. The Morgan fingerprint density at radius 3 is 2.19 bits per heavy atom. The van der Waals surface area contributed by atoms with Crippen LogP contribution >= 0.6 is 0 Å². The molecule has 1 aromatic rings. The van der Waals surface area contributed by atoms with E-state index in [4.69, 9.17) is 10.2 Å². The molecule has 1 amide bonds. The molecule has 0 bridgehead atoms. The van der Waals surface area contributed by atoms with Gasteiger partial charge in [-0.1, -0.05) is 0 Å². The van der Waals surface area contributed by atoms with Crippen LogP contribution in [0.2, 0.25) is 0 Å². The number of nitrogens with one attached hydrogen (secondary N) is 2. The maximum absolute atomic E-state index is 12.1. The summed E-state index contributed by atoms with van der Waals surface area (Å²) in [5, 5.41) is 33.8. The molecule has 0 aliphatic carbocycles. The van der Waals surface area contributed by atoms with Crippen LogP contribution in [-0.4, -0.2) is 80.4 Å². The molecular weight excluding hydrogens is 410 g/mol. The van der Waals surface area contributed by atoms with E-state index in [1.165, 1.54) is 6.20 Å². The maximum atomic E-state index is 12.1. The molecule has 0 spiro atoms. The number of hydrazone groups is 1. The second-order valence-corrected chi connectivity index (χ2v) is 6.90. The Morgan fingerprint density at radius 2 is 1.71 bits per heavy atom. The lowest BCUT2D eigenvalue weighted by atomic mass is 10.1. The molecule has 0 aliphatic rings. The Labute approximate surface area is 179 Å². The zero-order valence-electron chi connectivity index (χ0n) is 17.4. The highest BCUT2D eigenvalue weighted by atomic mass is 16.4. The Morgan fingerprint density at radius 1 is 1.06 bits per heavy atom. The Kier molecular flexibility index (Phi) is 10.6. The van der Waals surface area contributed by atoms with Crippen LogP contribution < -0.4 is 10.7 Å². The van der Waals surface area contributed by atoms with E-state index >= 15 is 0 Å². The van der Waals surface area contributed by atoms with Crippen molar-refractivity contribution < 1.29 is 34.5 Å². The number of nitrogens with zero attached hydrogens (tertiary/aromatic N) is 3. The monoisotopic (exact) mass is 437 g/mol.